The molecule has 2 aromatic carbocycles. The minimum atomic E-state index is -0.242. The average molecular weight is 439 g/mol. The summed E-state index contributed by atoms with van der Waals surface area (Å²) in [7, 11) is 0. The van der Waals surface area contributed by atoms with Gasteiger partial charge in [-0.05, 0) is 36.2 Å². The van der Waals surface area contributed by atoms with Crippen molar-refractivity contribution in [2.75, 3.05) is 13.1 Å². The fourth-order valence-electron chi connectivity index (χ4n) is 5.28. The lowest BCUT2D eigenvalue weighted by molar-refractivity contribution is 0.0919. The third kappa shape index (κ3) is 3.66. The highest BCUT2D eigenvalue weighted by molar-refractivity contribution is 5.77. The fraction of sp³-hybridized carbons (Fsp3) is 0.259. The minimum Gasteiger partial charge on any atom is -0.445 e. The van der Waals surface area contributed by atoms with Gasteiger partial charge in [0.1, 0.15) is 12.3 Å². The molecule has 4 heterocycles. The molecule has 2 aromatic heterocycles. The highest BCUT2D eigenvalue weighted by atomic mass is 16.6. The Labute approximate surface area is 192 Å². The van der Waals surface area contributed by atoms with Crippen molar-refractivity contribution in [2.24, 2.45) is 0 Å². The molecule has 6 heteroatoms. The number of amides is 1. The van der Waals surface area contributed by atoms with E-state index in [1.807, 2.05) is 59.6 Å². The summed E-state index contributed by atoms with van der Waals surface area (Å²) >= 11 is 0. The van der Waals surface area contributed by atoms with Crippen LogP contribution in [-0.4, -0.2) is 45.6 Å². The standard InChI is InChI=1S/C27H26N4O2/c32-27(33-18-19-8-3-1-4-9-19)31-16-22(25-24(31)13-14-28-25)23-17-30-15-7-12-21(26(30)29-23)20-10-5-2-6-11-20/h1-12,15,17,22,24-25,28H,13-14,16,18H2/t22-,24-,25-/m1/s1. The fourth-order valence-corrected chi connectivity index (χ4v) is 5.28. The van der Waals surface area contributed by atoms with Gasteiger partial charge in [0.05, 0.1) is 11.7 Å². The maximum atomic E-state index is 13.0. The second kappa shape index (κ2) is 8.37. The van der Waals surface area contributed by atoms with E-state index in [4.69, 9.17) is 9.72 Å². The molecular weight excluding hydrogens is 412 g/mol. The molecule has 33 heavy (non-hydrogen) atoms. The third-order valence-corrected chi connectivity index (χ3v) is 6.87. The van der Waals surface area contributed by atoms with Crippen LogP contribution in [0, 0.1) is 0 Å². The SMILES string of the molecule is O=C(OCc1ccccc1)N1C[C@H](c2cn3cccc(-c4ccccc4)c3n2)[C@H]2NCC[C@H]21. The van der Waals surface area contributed by atoms with E-state index in [9.17, 15) is 4.79 Å². The molecule has 2 fully saturated rings. The number of carbonyl (C=O) groups excluding carboxylic acids is 1. The number of hydrogen-bond acceptors (Lipinski definition) is 4. The zero-order valence-corrected chi connectivity index (χ0v) is 18.3. The van der Waals surface area contributed by atoms with Crippen LogP contribution in [0.3, 0.4) is 0 Å². The molecule has 6 rings (SSSR count). The molecule has 1 amide bonds. The largest absolute Gasteiger partial charge is 0.445 e. The molecule has 0 radical (unpaired) electrons. The van der Waals surface area contributed by atoms with Crippen LogP contribution < -0.4 is 5.32 Å². The van der Waals surface area contributed by atoms with Crippen LogP contribution in [-0.2, 0) is 11.3 Å². The smallest absolute Gasteiger partial charge is 0.410 e. The number of pyridine rings is 1. The Kier molecular flexibility index (Phi) is 5.07. The molecule has 2 aliphatic rings. The first kappa shape index (κ1) is 20.0. The van der Waals surface area contributed by atoms with Gasteiger partial charge in [-0.15, -0.1) is 0 Å². The normalized spacial score (nSPS) is 21.9. The Morgan fingerprint density at radius 1 is 1.03 bits per heavy atom. The topological polar surface area (TPSA) is 58.9 Å². The Hall–Kier alpha value is -3.64. The third-order valence-electron chi connectivity index (χ3n) is 6.87. The van der Waals surface area contributed by atoms with Crippen LogP contribution in [0.15, 0.2) is 85.2 Å². The molecule has 4 aromatic rings. The van der Waals surface area contributed by atoms with E-state index in [2.05, 4.69) is 40.2 Å². The Bertz CT molecular complexity index is 1270. The zero-order valence-electron chi connectivity index (χ0n) is 18.3. The monoisotopic (exact) mass is 438 g/mol. The van der Waals surface area contributed by atoms with Crippen molar-refractivity contribution in [1.29, 1.82) is 0 Å². The highest BCUT2D eigenvalue weighted by Gasteiger charge is 2.48. The highest BCUT2D eigenvalue weighted by Crippen LogP contribution is 2.37. The van der Waals surface area contributed by atoms with E-state index < -0.39 is 0 Å². The molecular formula is C27H26N4O2. The number of hydrogen-bond donors (Lipinski definition) is 1. The van der Waals surface area contributed by atoms with E-state index in [0.29, 0.717) is 13.2 Å². The van der Waals surface area contributed by atoms with Gasteiger partial charge in [0.15, 0.2) is 0 Å². The first-order valence-electron chi connectivity index (χ1n) is 11.5. The summed E-state index contributed by atoms with van der Waals surface area (Å²) in [5.74, 6) is 0.130. The number of ether oxygens (including phenoxy) is 1. The van der Waals surface area contributed by atoms with Gasteiger partial charge >= 0.3 is 6.09 Å². The number of likely N-dealkylation sites (tertiary alicyclic amines) is 1. The number of fused-ring (bicyclic) bond motifs is 2. The van der Waals surface area contributed by atoms with E-state index in [1.165, 1.54) is 0 Å². The molecule has 6 nitrogen and oxygen atoms in total. The maximum absolute atomic E-state index is 13.0. The van der Waals surface area contributed by atoms with Gasteiger partial charge in [-0.25, -0.2) is 9.78 Å². The van der Waals surface area contributed by atoms with Crippen molar-refractivity contribution in [1.82, 2.24) is 19.6 Å². The number of benzene rings is 2. The summed E-state index contributed by atoms with van der Waals surface area (Å²) < 4.78 is 7.77. The van der Waals surface area contributed by atoms with Crippen molar-refractivity contribution < 1.29 is 9.53 Å². The first-order valence-corrected chi connectivity index (χ1v) is 11.5. The minimum absolute atomic E-state index is 0.130. The lowest BCUT2D eigenvalue weighted by Crippen LogP contribution is -2.39. The summed E-state index contributed by atoms with van der Waals surface area (Å²) in [6, 6.07) is 24.7. The molecule has 0 aliphatic carbocycles. The lowest BCUT2D eigenvalue weighted by atomic mass is 9.97. The van der Waals surface area contributed by atoms with E-state index >= 15 is 0 Å². The van der Waals surface area contributed by atoms with E-state index in [1.54, 1.807) is 0 Å². The average Bonchev–Trinajstić information content (AvgIpc) is 3.58. The maximum Gasteiger partial charge on any atom is 0.410 e. The predicted molar refractivity (Wildman–Crippen MR) is 127 cm³/mol. The lowest BCUT2D eigenvalue weighted by Gasteiger charge is -2.22. The Morgan fingerprint density at radius 3 is 2.64 bits per heavy atom. The van der Waals surface area contributed by atoms with Crippen LogP contribution in [0.1, 0.15) is 23.6 Å². The quantitative estimate of drug-likeness (QED) is 0.511. The van der Waals surface area contributed by atoms with Gasteiger partial charge in [-0.3, -0.25) is 0 Å². The molecule has 166 valence electrons. The number of aromatic nitrogens is 2. The molecule has 2 saturated heterocycles. The van der Waals surface area contributed by atoms with Gasteiger partial charge in [0.2, 0.25) is 0 Å². The van der Waals surface area contributed by atoms with Crippen LogP contribution in [0.4, 0.5) is 4.79 Å². The number of nitrogens with one attached hydrogen (secondary N) is 1. The molecule has 0 bridgehead atoms. The predicted octanol–water partition coefficient (Wildman–Crippen LogP) is 4.47. The Balaban J connectivity index is 1.27. The second-order valence-corrected chi connectivity index (χ2v) is 8.82. The molecule has 0 spiro atoms. The number of nitrogens with zero attached hydrogens (tertiary/aromatic N) is 3. The summed E-state index contributed by atoms with van der Waals surface area (Å²) in [5, 5.41) is 3.62. The van der Waals surface area contributed by atoms with Crippen molar-refractivity contribution in [3.63, 3.8) is 0 Å². The number of rotatable bonds is 4. The van der Waals surface area contributed by atoms with E-state index in [-0.39, 0.29) is 24.1 Å². The van der Waals surface area contributed by atoms with Crippen molar-refractivity contribution in [3.05, 3.63) is 96.4 Å². The second-order valence-electron chi connectivity index (χ2n) is 8.82. The Morgan fingerprint density at radius 2 is 1.82 bits per heavy atom. The van der Waals surface area contributed by atoms with Crippen molar-refractivity contribution in [2.45, 2.75) is 31.0 Å². The summed E-state index contributed by atoms with van der Waals surface area (Å²) in [6.07, 6.45) is 4.85. The van der Waals surface area contributed by atoms with Gasteiger partial charge < -0.3 is 19.4 Å². The summed E-state index contributed by atoms with van der Waals surface area (Å²) in [4.78, 5) is 20.0. The van der Waals surface area contributed by atoms with Crippen molar-refractivity contribution in [3.8, 4) is 11.1 Å². The van der Waals surface area contributed by atoms with Gasteiger partial charge in [0, 0.05) is 36.5 Å². The van der Waals surface area contributed by atoms with Gasteiger partial charge in [-0.1, -0.05) is 60.7 Å². The molecule has 3 atom stereocenters. The van der Waals surface area contributed by atoms with Crippen LogP contribution >= 0.6 is 0 Å². The van der Waals surface area contributed by atoms with Crippen molar-refractivity contribution >= 4 is 11.7 Å². The number of carbonyl (C=O) groups is 1. The van der Waals surface area contributed by atoms with Crippen LogP contribution in [0.5, 0.6) is 0 Å². The van der Waals surface area contributed by atoms with Crippen LogP contribution in [0.2, 0.25) is 0 Å². The number of imidazole rings is 1. The first-order chi connectivity index (χ1) is 16.3. The van der Waals surface area contributed by atoms with Gasteiger partial charge in [0.25, 0.3) is 0 Å². The zero-order chi connectivity index (χ0) is 22.2. The molecule has 0 saturated carbocycles. The molecule has 0 unspecified atom stereocenters. The molecule has 2 aliphatic heterocycles. The van der Waals surface area contributed by atoms with Crippen LogP contribution in [0.25, 0.3) is 16.8 Å². The van der Waals surface area contributed by atoms with Gasteiger partial charge in [-0.2, -0.15) is 0 Å². The van der Waals surface area contributed by atoms with E-state index in [0.717, 1.165) is 41.0 Å². The summed E-state index contributed by atoms with van der Waals surface area (Å²) in [6.45, 7) is 1.80. The summed E-state index contributed by atoms with van der Waals surface area (Å²) in [5.41, 5.74) is 5.21. The molecule has 1 N–H and O–H groups in total.